The molecule has 0 unspecified atom stereocenters. The molecule has 0 saturated carbocycles. The van der Waals surface area contributed by atoms with Gasteiger partial charge in [0.05, 0.1) is 0 Å². The quantitative estimate of drug-likeness (QED) is 0.594. The minimum atomic E-state index is -0.274. The van der Waals surface area contributed by atoms with Crippen LogP contribution in [0.3, 0.4) is 0 Å². The molecule has 0 rings (SSSR count). The summed E-state index contributed by atoms with van der Waals surface area (Å²) < 4.78 is 0. The third-order valence-electron chi connectivity index (χ3n) is 1.29. The van der Waals surface area contributed by atoms with Crippen molar-refractivity contribution in [1.82, 2.24) is 0 Å². The van der Waals surface area contributed by atoms with Crippen LogP contribution in [-0.4, -0.2) is 5.91 Å². The first-order valence-corrected chi connectivity index (χ1v) is 3.71. The van der Waals surface area contributed by atoms with Crippen LogP contribution in [0.1, 0.15) is 33.1 Å². The first-order chi connectivity index (χ1) is 4.72. The molecule has 0 saturated heterocycles. The average molecular weight is 141 g/mol. The van der Waals surface area contributed by atoms with Gasteiger partial charge in [0, 0.05) is 5.57 Å². The van der Waals surface area contributed by atoms with E-state index in [1.54, 1.807) is 0 Å². The number of hydrogen-bond acceptors (Lipinski definition) is 1. The molecule has 0 bridgehead atoms. The topological polar surface area (TPSA) is 43.1 Å². The van der Waals surface area contributed by atoms with Gasteiger partial charge in [0.1, 0.15) is 0 Å². The molecule has 0 aromatic heterocycles. The molecule has 2 heteroatoms. The SMILES string of the molecule is CC/C=C(/CCC)C(N)=O. The van der Waals surface area contributed by atoms with Gasteiger partial charge >= 0.3 is 0 Å². The molecule has 2 nitrogen and oxygen atoms in total. The Hall–Kier alpha value is -0.790. The van der Waals surface area contributed by atoms with Gasteiger partial charge in [-0.3, -0.25) is 4.79 Å². The van der Waals surface area contributed by atoms with Crippen LogP contribution in [0.25, 0.3) is 0 Å². The average Bonchev–Trinajstić information content (AvgIpc) is 1.87. The molecule has 0 radical (unpaired) electrons. The van der Waals surface area contributed by atoms with Gasteiger partial charge in [-0.15, -0.1) is 0 Å². The molecular weight excluding hydrogens is 126 g/mol. The molecule has 0 aromatic carbocycles. The molecule has 0 aromatic rings. The molecule has 0 aliphatic heterocycles. The first-order valence-electron chi connectivity index (χ1n) is 3.71. The third-order valence-corrected chi connectivity index (χ3v) is 1.29. The number of carbonyl (C=O) groups excluding carboxylic acids is 1. The summed E-state index contributed by atoms with van der Waals surface area (Å²) in [5, 5.41) is 0. The summed E-state index contributed by atoms with van der Waals surface area (Å²) in [7, 11) is 0. The van der Waals surface area contributed by atoms with Crippen molar-refractivity contribution in [2.75, 3.05) is 0 Å². The Morgan fingerprint density at radius 3 is 2.40 bits per heavy atom. The van der Waals surface area contributed by atoms with Gasteiger partial charge in [-0.05, 0) is 12.8 Å². The highest BCUT2D eigenvalue weighted by Crippen LogP contribution is 2.04. The highest BCUT2D eigenvalue weighted by molar-refractivity contribution is 5.91. The van der Waals surface area contributed by atoms with E-state index in [0.717, 1.165) is 24.8 Å². The van der Waals surface area contributed by atoms with Crippen LogP contribution >= 0.6 is 0 Å². The normalized spacial score (nSPS) is 11.6. The number of primary amides is 1. The molecule has 58 valence electrons. The Bertz CT molecular complexity index is 138. The number of carbonyl (C=O) groups is 1. The monoisotopic (exact) mass is 141 g/mol. The molecular formula is C8H15NO. The summed E-state index contributed by atoms with van der Waals surface area (Å²) in [6.07, 6.45) is 4.57. The predicted molar refractivity (Wildman–Crippen MR) is 42.5 cm³/mol. The summed E-state index contributed by atoms with van der Waals surface area (Å²) in [4.78, 5) is 10.6. The molecule has 0 atom stereocenters. The minimum Gasteiger partial charge on any atom is -0.366 e. The van der Waals surface area contributed by atoms with Crippen molar-refractivity contribution in [1.29, 1.82) is 0 Å². The summed E-state index contributed by atoms with van der Waals surface area (Å²) in [6, 6.07) is 0. The highest BCUT2D eigenvalue weighted by atomic mass is 16.1. The number of amides is 1. The maximum atomic E-state index is 10.6. The Morgan fingerprint density at radius 2 is 2.10 bits per heavy atom. The number of nitrogens with two attached hydrogens (primary N) is 1. The lowest BCUT2D eigenvalue weighted by Gasteiger charge is -1.98. The second kappa shape index (κ2) is 5.03. The Balaban J connectivity index is 3.98. The smallest absolute Gasteiger partial charge is 0.244 e. The van der Waals surface area contributed by atoms with Crippen LogP contribution in [0, 0.1) is 0 Å². The summed E-state index contributed by atoms with van der Waals surface area (Å²) in [6.45, 7) is 4.03. The molecule has 10 heavy (non-hydrogen) atoms. The van der Waals surface area contributed by atoms with E-state index in [1.807, 2.05) is 19.9 Å². The van der Waals surface area contributed by atoms with E-state index >= 15 is 0 Å². The van der Waals surface area contributed by atoms with Crippen molar-refractivity contribution >= 4 is 5.91 Å². The molecule has 0 aliphatic rings. The first kappa shape index (κ1) is 9.21. The maximum Gasteiger partial charge on any atom is 0.244 e. The molecule has 1 amide bonds. The second-order valence-corrected chi connectivity index (χ2v) is 2.25. The predicted octanol–water partition coefficient (Wildman–Crippen LogP) is 1.61. The Kier molecular flexibility index (Phi) is 4.63. The van der Waals surface area contributed by atoms with Crippen molar-refractivity contribution in [2.45, 2.75) is 33.1 Å². The zero-order valence-electron chi connectivity index (χ0n) is 6.68. The van der Waals surface area contributed by atoms with Crippen LogP contribution < -0.4 is 5.73 Å². The molecule has 0 spiro atoms. The van der Waals surface area contributed by atoms with Crippen LogP contribution in [-0.2, 0) is 4.79 Å². The lowest BCUT2D eigenvalue weighted by atomic mass is 10.1. The lowest BCUT2D eigenvalue weighted by molar-refractivity contribution is -0.114. The lowest BCUT2D eigenvalue weighted by Crippen LogP contribution is -2.13. The van der Waals surface area contributed by atoms with E-state index in [-0.39, 0.29) is 5.91 Å². The van der Waals surface area contributed by atoms with Crippen LogP contribution in [0.4, 0.5) is 0 Å². The van der Waals surface area contributed by atoms with Crippen molar-refractivity contribution in [3.63, 3.8) is 0 Å². The number of rotatable bonds is 4. The molecule has 2 N–H and O–H groups in total. The Morgan fingerprint density at radius 1 is 1.50 bits per heavy atom. The summed E-state index contributed by atoms with van der Waals surface area (Å²) in [5.74, 6) is -0.274. The van der Waals surface area contributed by atoms with Crippen molar-refractivity contribution in [3.8, 4) is 0 Å². The van der Waals surface area contributed by atoms with E-state index in [4.69, 9.17) is 5.73 Å². The van der Waals surface area contributed by atoms with Gasteiger partial charge in [-0.2, -0.15) is 0 Å². The molecule has 0 heterocycles. The summed E-state index contributed by atoms with van der Waals surface area (Å²) >= 11 is 0. The second-order valence-electron chi connectivity index (χ2n) is 2.25. The zero-order chi connectivity index (χ0) is 7.98. The molecule has 0 aliphatic carbocycles. The fourth-order valence-corrected chi connectivity index (χ4v) is 0.842. The Labute approximate surface area is 62.1 Å². The van der Waals surface area contributed by atoms with Gasteiger partial charge in [0.2, 0.25) is 5.91 Å². The van der Waals surface area contributed by atoms with Crippen LogP contribution in [0.2, 0.25) is 0 Å². The van der Waals surface area contributed by atoms with Gasteiger partial charge < -0.3 is 5.73 Å². The maximum absolute atomic E-state index is 10.6. The van der Waals surface area contributed by atoms with Gasteiger partial charge in [-0.25, -0.2) is 0 Å². The third kappa shape index (κ3) is 3.28. The van der Waals surface area contributed by atoms with E-state index in [9.17, 15) is 4.79 Å². The summed E-state index contributed by atoms with van der Waals surface area (Å²) in [5.41, 5.74) is 5.87. The van der Waals surface area contributed by atoms with Gasteiger partial charge in [0.25, 0.3) is 0 Å². The van der Waals surface area contributed by atoms with Crippen LogP contribution in [0.5, 0.6) is 0 Å². The van der Waals surface area contributed by atoms with Crippen molar-refractivity contribution < 1.29 is 4.79 Å². The van der Waals surface area contributed by atoms with Crippen LogP contribution in [0.15, 0.2) is 11.6 Å². The largest absolute Gasteiger partial charge is 0.366 e. The fraction of sp³-hybridized carbons (Fsp3) is 0.625. The van der Waals surface area contributed by atoms with Gasteiger partial charge in [-0.1, -0.05) is 26.3 Å². The van der Waals surface area contributed by atoms with Crippen molar-refractivity contribution in [3.05, 3.63) is 11.6 Å². The van der Waals surface area contributed by atoms with E-state index in [1.165, 1.54) is 0 Å². The number of allylic oxidation sites excluding steroid dienone is 1. The van der Waals surface area contributed by atoms with Gasteiger partial charge in [0.15, 0.2) is 0 Å². The standard InChI is InChI=1S/C8H15NO/c1-3-5-7(6-4-2)8(9)10/h5H,3-4,6H2,1-2H3,(H2,9,10)/b7-5-. The fourth-order valence-electron chi connectivity index (χ4n) is 0.842. The van der Waals surface area contributed by atoms with E-state index in [0.29, 0.717) is 0 Å². The highest BCUT2D eigenvalue weighted by Gasteiger charge is 2.00. The van der Waals surface area contributed by atoms with Crippen molar-refractivity contribution in [2.24, 2.45) is 5.73 Å². The number of hydrogen-bond donors (Lipinski definition) is 1. The minimum absolute atomic E-state index is 0.274. The van der Waals surface area contributed by atoms with E-state index in [2.05, 4.69) is 0 Å². The van der Waals surface area contributed by atoms with E-state index < -0.39 is 0 Å². The zero-order valence-corrected chi connectivity index (χ0v) is 6.68. The molecule has 0 fully saturated rings.